The summed E-state index contributed by atoms with van der Waals surface area (Å²) in [5.41, 5.74) is -0.342. The standard InChI is InChI=1S/C11H11F3O/c1-2-3-4-8-5-6-9(7-10(8)15)11(12,13)14/h2-3,5-7,15H,4H2,1H3. The van der Waals surface area contributed by atoms with Crippen molar-refractivity contribution in [3.05, 3.63) is 41.5 Å². The molecule has 0 bridgehead atoms. The van der Waals surface area contributed by atoms with Crippen molar-refractivity contribution < 1.29 is 18.3 Å². The first-order valence-corrected chi connectivity index (χ1v) is 4.45. The molecule has 0 spiro atoms. The first-order chi connectivity index (χ1) is 6.95. The van der Waals surface area contributed by atoms with Gasteiger partial charge in [-0.3, -0.25) is 0 Å². The average molecular weight is 216 g/mol. The zero-order chi connectivity index (χ0) is 11.5. The average Bonchev–Trinajstić information content (AvgIpc) is 2.14. The summed E-state index contributed by atoms with van der Waals surface area (Å²) >= 11 is 0. The summed E-state index contributed by atoms with van der Waals surface area (Å²) in [5, 5.41) is 9.35. The Morgan fingerprint density at radius 1 is 1.33 bits per heavy atom. The van der Waals surface area contributed by atoms with E-state index in [2.05, 4.69) is 0 Å². The lowest BCUT2D eigenvalue weighted by molar-refractivity contribution is -0.137. The molecule has 1 aromatic rings. The van der Waals surface area contributed by atoms with Crippen molar-refractivity contribution in [1.29, 1.82) is 0 Å². The number of aromatic hydroxyl groups is 1. The smallest absolute Gasteiger partial charge is 0.416 e. The molecule has 0 radical (unpaired) electrons. The van der Waals surface area contributed by atoms with Crippen LogP contribution in [0.4, 0.5) is 13.2 Å². The molecule has 0 amide bonds. The summed E-state index contributed by atoms with van der Waals surface area (Å²) < 4.78 is 36.7. The van der Waals surface area contributed by atoms with Gasteiger partial charge in [0.15, 0.2) is 0 Å². The molecule has 0 aliphatic heterocycles. The fourth-order valence-corrected chi connectivity index (χ4v) is 1.16. The second kappa shape index (κ2) is 4.38. The van der Waals surface area contributed by atoms with Crippen LogP contribution in [-0.4, -0.2) is 5.11 Å². The Labute approximate surface area is 85.9 Å². The number of rotatable bonds is 2. The largest absolute Gasteiger partial charge is 0.508 e. The van der Waals surface area contributed by atoms with Crippen molar-refractivity contribution in [2.24, 2.45) is 0 Å². The molecule has 82 valence electrons. The second-order valence-electron chi connectivity index (χ2n) is 3.11. The maximum atomic E-state index is 12.2. The minimum Gasteiger partial charge on any atom is -0.508 e. The highest BCUT2D eigenvalue weighted by Gasteiger charge is 2.30. The maximum absolute atomic E-state index is 12.2. The van der Waals surface area contributed by atoms with Crippen LogP contribution in [0.2, 0.25) is 0 Å². The number of hydrogen-bond donors (Lipinski definition) is 1. The number of alkyl halides is 3. The Balaban J connectivity index is 2.98. The topological polar surface area (TPSA) is 20.2 Å². The zero-order valence-corrected chi connectivity index (χ0v) is 8.17. The molecular weight excluding hydrogens is 205 g/mol. The lowest BCUT2D eigenvalue weighted by Gasteiger charge is -2.08. The molecule has 0 saturated carbocycles. The molecule has 1 N–H and O–H groups in total. The SMILES string of the molecule is CC=CCc1ccc(C(F)(F)F)cc1O. The third-order valence-electron chi connectivity index (χ3n) is 1.99. The summed E-state index contributed by atoms with van der Waals surface area (Å²) in [4.78, 5) is 0. The van der Waals surface area contributed by atoms with Crippen molar-refractivity contribution >= 4 is 0 Å². The first-order valence-electron chi connectivity index (χ1n) is 4.45. The highest BCUT2D eigenvalue weighted by atomic mass is 19.4. The minimum atomic E-state index is -4.41. The van der Waals surface area contributed by atoms with Gasteiger partial charge in [-0.2, -0.15) is 13.2 Å². The van der Waals surface area contributed by atoms with Crippen LogP contribution in [0.5, 0.6) is 5.75 Å². The molecule has 0 fully saturated rings. The Kier molecular flexibility index (Phi) is 3.39. The predicted molar refractivity (Wildman–Crippen MR) is 51.6 cm³/mol. The van der Waals surface area contributed by atoms with Gasteiger partial charge in [-0.25, -0.2) is 0 Å². The second-order valence-corrected chi connectivity index (χ2v) is 3.11. The lowest BCUT2D eigenvalue weighted by atomic mass is 10.1. The van der Waals surface area contributed by atoms with Gasteiger partial charge in [0, 0.05) is 0 Å². The van der Waals surface area contributed by atoms with Crippen LogP contribution < -0.4 is 0 Å². The summed E-state index contributed by atoms with van der Waals surface area (Å²) in [5.74, 6) is -0.317. The molecule has 0 aromatic heterocycles. The molecule has 0 heterocycles. The van der Waals surface area contributed by atoms with Gasteiger partial charge in [-0.1, -0.05) is 18.2 Å². The highest BCUT2D eigenvalue weighted by Crippen LogP contribution is 2.32. The van der Waals surface area contributed by atoms with Gasteiger partial charge >= 0.3 is 6.18 Å². The van der Waals surface area contributed by atoms with E-state index < -0.39 is 11.7 Å². The summed E-state index contributed by atoms with van der Waals surface area (Å²) in [6.07, 6.45) is -0.434. The van der Waals surface area contributed by atoms with Crippen molar-refractivity contribution in [2.75, 3.05) is 0 Å². The van der Waals surface area contributed by atoms with Gasteiger partial charge in [0.25, 0.3) is 0 Å². The summed E-state index contributed by atoms with van der Waals surface area (Å²) in [6, 6.07) is 3.01. The Hall–Kier alpha value is -1.45. The van der Waals surface area contributed by atoms with E-state index >= 15 is 0 Å². The van der Waals surface area contributed by atoms with Crippen molar-refractivity contribution in [3.8, 4) is 5.75 Å². The molecule has 0 atom stereocenters. The fraction of sp³-hybridized carbons (Fsp3) is 0.273. The summed E-state index contributed by atoms with van der Waals surface area (Å²) in [7, 11) is 0. The molecule has 1 nitrogen and oxygen atoms in total. The summed E-state index contributed by atoms with van der Waals surface area (Å²) in [6.45, 7) is 1.81. The normalized spacial score (nSPS) is 12.3. The molecule has 0 saturated heterocycles. The molecule has 4 heteroatoms. The zero-order valence-electron chi connectivity index (χ0n) is 8.17. The third kappa shape index (κ3) is 3.01. The minimum absolute atomic E-state index is 0.317. The van der Waals surface area contributed by atoms with Crippen molar-refractivity contribution in [2.45, 2.75) is 19.5 Å². The van der Waals surface area contributed by atoms with Crippen molar-refractivity contribution in [3.63, 3.8) is 0 Å². The van der Waals surface area contributed by atoms with E-state index in [1.807, 2.05) is 0 Å². The third-order valence-corrected chi connectivity index (χ3v) is 1.99. The van der Waals surface area contributed by atoms with E-state index in [9.17, 15) is 18.3 Å². The van der Waals surface area contributed by atoms with Crippen LogP contribution in [0.3, 0.4) is 0 Å². The van der Waals surface area contributed by atoms with E-state index in [0.717, 1.165) is 12.1 Å². The number of phenols is 1. The van der Waals surface area contributed by atoms with E-state index in [1.54, 1.807) is 19.1 Å². The van der Waals surface area contributed by atoms with Crippen molar-refractivity contribution in [1.82, 2.24) is 0 Å². The lowest BCUT2D eigenvalue weighted by Crippen LogP contribution is -2.04. The van der Waals surface area contributed by atoms with E-state index in [1.165, 1.54) is 6.07 Å². The highest BCUT2D eigenvalue weighted by molar-refractivity contribution is 5.38. The van der Waals surface area contributed by atoms with Crippen LogP contribution >= 0.6 is 0 Å². The van der Waals surface area contributed by atoms with Gasteiger partial charge in [-0.15, -0.1) is 0 Å². The number of halogens is 3. The molecule has 0 aliphatic carbocycles. The van der Waals surface area contributed by atoms with Crippen LogP contribution in [-0.2, 0) is 12.6 Å². The van der Waals surface area contributed by atoms with Gasteiger partial charge in [0.2, 0.25) is 0 Å². The Bertz CT molecular complexity index is 367. The van der Waals surface area contributed by atoms with Gasteiger partial charge < -0.3 is 5.11 Å². The van der Waals surface area contributed by atoms with Crippen LogP contribution in [0.25, 0.3) is 0 Å². The molecule has 15 heavy (non-hydrogen) atoms. The number of phenolic OH excluding ortho intramolecular Hbond substituents is 1. The predicted octanol–water partition coefficient (Wildman–Crippen LogP) is 3.53. The molecule has 0 aliphatic rings. The fourth-order valence-electron chi connectivity index (χ4n) is 1.16. The van der Waals surface area contributed by atoms with Crippen LogP contribution in [0.15, 0.2) is 30.4 Å². The van der Waals surface area contributed by atoms with E-state index in [0.29, 0.717) is 12.0 Å². The Morgan fingerprint density at radius 2 is 2.00 bits per heavy atom. The van der Waals surface area contributed by atoms with Crippen LogP contribution in [0, 0.1) is 0 Å². The van der Waals surface area contributed by atoms with Gasteiger partial charge in [-0.05, 0) is 31.0 Å². The number of allylic oxidation sites excluding steroid dienone is 2. The first kappa shape index (κ1) is 11.6. The molecule has 1 aromatic carbocycles. The van der Waals surface area contributed by atoms with E-state index in [-0.39, 0.29) is 5.75 Å². The number of hydrogen-bond acceptors (Lipinski definition) is 1. The monoisotopic (exact) mass is 216 g/mol. The molecule has 1 rings (SSSR count). The Morgan fingerprint density at radius 3 is 2.47 bits per heavy atom. The van der Waals surface area contributed by atoms with E-state index in [4.69, 9.17) is 0 Å². The maximum Gasteiger partial charge on any atom is 0.416 e. The van der Waals surface area contributed by atoms with Crippen LogP contribution in [0.1, 0.15) is 18.1 Å². The molecular formula is C11H11F3O. The van der Waals surface area contributed by atoms with Gasteiger partial charge in [0.05, 0.1) is 5.56 Å². The quantitative estimate of drug-likeness (QED) is 0.750. The molecule has 0 unspecified atom stereocenters. The number of benzene rings is 1. The van der Waals surface area contributed by atoms with Gasteiger partial charge in [0.1, 0.15) is 5.75 Å².